The molecule has 1 heterocycles. The van der Waals surface area contributed by atoms with Crippen molar-refractivity contribution in [3.8, 4) is 0 Å². The molecule has 17 heavy (non-hydrogen) atoms. The molecule has 3 nitrogen and oxygen atoms in total. The summed E-state index contributed by atoms with van der Waals surface area (Å²) in [6, 6.07) is 0. The number of nitrogens with zero attached hydrogens (tertiary/aromatic N) is 1. The van der Waals surface area contributed by atoms with E-state index in [1.54, 1.807) is 0 Å². The molecule has 1 unspecified atom stereocenters. The van der Waals surface area contributed by atoms with Crippen molar-refractivity contribution in [2.45, 2.75) is 32.6 Å². The van der Waals surface area contributed by atoms with Crippen LogP contribution in [-0.4, -0.2) is 42.4 Å². The second-order valence-electron chi connectivity index (χ2n) is 5.03. The van der Waals surface area contributed by atoms with E-state index in [1.807, 2.05) is 16.7 Å². The highest BCUT2D eigenvalue weighted by atomic mass is 35.5. The van der Waals surface area contributed by atoms with Gasteiger partial charge in [-0.2, -0.15) is 11.8 Å². The third-order valence-electron chi connectivity index (χ3n) is 3.39. The average Bonchev–Trinajstić information content (AvgIpc) is 2.68. The van der Waals surface area contributed by atoms with Gasteiger partial charge in [0.05, 0.1) is 0 Å². The molecule has 0 aromatic rings. The molecule has 1 fully saturated rings. The third kappa shape index (κ3) is 5.49. The highest BCUT2D eigenvalue weighted by Gasteiger charge is 2.34. The van der Waals surface area contributed by atoms with Gasteiger partial charge in [0.2, 0.25) is 5.91 Å². The number of thioether (sulfide) groups is 1. The fraction of sp³-hybridized carbons (Fsp3) is 0.917. The zero-order chi connectivity index (χ0) is 12.0. The normalized spacial score (nSPS) is 23.6. The predicted octanol–water partition coefficient (Wildman–Crippen LogP) is 2.14. The number of halogens is 1. The molecule has 2 N–H and O–H groups in total. The Bertz CT molecular complexity index is 241. The lowest BCUT2D eigenvalue weighted by Gasteiger charge is -2.22. The minimum atomic E-state index is 0. The number of hydrogen-bond donors (Lipinski definition) is 1. The Labute approximate surface area is 115 Å². The van der Waals surface area contributed by atoms with Gasteiger partial charge < -0.3 is 10.6 Å². The average molecular weight is 281 g/mol. The van der Waals surface area contributed by atoms with Gasteiger partial charge in [0, 0.05) is 19.5 Å². The molecular formula is C12H25ClN2OS. The van der Waals surface area contributed by atoms with Crippen molar-refractivity contribution < 1.29 is 4.79 Å². The summed E-state index contributed by atoms with van der Waals surface area (Å²) in [5.41, 5.74) is 5.89. The smallest absolute Gasteiger partial charge is 0.222 e. The maximum absolute atomic E-state index is 11.9. The van der Waals surface area contributed by atoms with Gasteiger partial charge in [0.25, 0.3) is 0 Å². The van der Waals surface area contributed by atoms with Crippen LogP contribution in [0.15, 0.2) is 0 Å². The molecular weight excluding hydrogens is 256 g/mol. The van der Waals surface area contributed by atoms with E-state index in [-0.39, 0.29) is 17.8 Å². The van der Waals surface area contributed by atoms with Gasteiger partial charge in [-0.05, 0) is 43.2 Å². The number of amides is 1. The van der Waals surface area contributed by atoms with Crippen LogP contribution in [0.1, 0.15) is 32.6 Å². The van der Waals surface area contributed by atoms with Crippen LogP contribution in [0.3, 0.4) is 0 Å². The molecule has 102 valence electrons. The number of carbonyl (C=O) groups is 1. The zero-order valence-electron chi connectivity index (χ0n) is 10.9. The number of unbranched alkanes of at least 4 members (excludes halogenated alkanes) is 1. The molecule has 0 aromatic heterocycles. The first kappa shape index (κ1) is 17.1. The van der Waals surface area contributed by atoms with E-state index in [4.69, 9.17) is 5.73 Å². The monoisotopic (exact) mass is 280 g/mol. The highest BCUT2D eigenvalue weighted by molar-refractivity contribution is 7.98. The standard InChI is InChI=1S/C12H24N2OS.ClH/c1-12(9-13)6-7-14(10-12)11(15)5-3-4-8-16-2;/h3-10,13H2,1-2H3;1H. The first-order valence-electron chi connectivity index (χ1n) is 6.08. The topological polar surface area (TPSA) is 46.3 Å². The number of rotatable bonds is 6. The summed E-state index contributed by atoms with van der Waals surface area (Å²) in [6.07, 6.45) is 6.04. The molecule has 0 radical (unpaired) electrons. The molecule has 0 aliphatic carbocycles. The van der Waals surface area contributed by atoms with E-state index in [2.05, 4.69) is 13.2 Å². The van der Waals surface area contributed by atoms with Crippen molar-refractivity contribution >= 4 is 30.1 Å². The van der Waals surface area contributed by atoms with E-state index in [1.165, 1.54) is 0 Å². The summed E-state index contributed by atoms with van der Waals surface area (Å²) in [6.45, 7) is 4.61. The fourth-order valence-electron chi connectivity index (χ4n) is 2.08. The van der Waals surface area contributed by atoms with Gasteiger partial charge in [-0.1, -0.05) is 6.92 Å². The van der Waals surface area contributed by atoms with Crippen LogP contribution in [-0.2, 0) is 4.79 Å². The Morgan fingerprint density at radius 2 is 2.18 bits per heavy atom. The summed E-state index contributed by atoms with van der Waals surface area (Å²) in [5.74, 6) is 1.48. The fourth-order valence-corrected chi connectivity index (χ4v) is 2.58. The van der Waals surface area contributed by atoms with Crippen molar-refractivity contribution in [2.75, 3.05) is 31.6 Å². The summed E-state index contributed by atoms with van der Waals surface area (Å²) in [5, 5.41) is 0. The molecule has 1 aliphatic rings. The van der Waals surface area contributed by atoms with Crippen LogP contribution in [0.25, 0.3) is 0 Å². The minimum absolute atomic E-state index is 0. The molecule has 1 rings (SSSR count). The number of nitrogens with two attached hydrogens (primary N) is 1. The molecule has 0 spiro atoms. The van der Waals surface area contributed by atoms with E-state index < -0.39 is 0 Å². The van der Waals surface area contributed by atoms with Gasteiger partial charge in [-0.15, -0.1) is 12.4 Å². The molecule has 0 bridgehead atoms. The molecule has 1 atom stereocenters. The Morgan fingerprint density at radius 1 is 1.47 bits per heavy atom. The summed E-state index contributed by atoms with van der Waals surface area (Å²) in [7, 11) is 0. The molecule has 1 saturated heterocycles. The molecule has 1 amide bonds. The zero-order valence-corrected chi connectivity index (χ0v) is 12.5. The minimum Gasteiger partial charge on any atom is -0.342 e. The molecule has 0 saturated carbocycles. The largest absolute Gasteiger partial charge is 0.342 e. The second-order valence-corrected chi connectivity index (χ2v) is 6.02. The van der Waals surface area contributed by atoms with Crippen LogP contribution in [0, 0.1) is 5.41 Å². The van der Waals surface area contributed by atoms with Crippen LogP contribution in [0.2, 0.25) is 0 Å². The molecule has 1 aliphatic heterocycles. The highest BCUT2D eigenvalue weighted by Crippen LogP contribution is 2.28. The number of carbonyl (C=O) groups excluding carboxylic acids is 1. The predicted molar refractivity (Wildman–Crippen MR) is 77.8 cm³/mol. The summed E-state index contributed by atoms with van der Waals surface area (Å²) in [4.78, 5) is 13.9. The van der Waals surface area contributed by atoms with Crippen molar-refractivity contribution in [1.82, 2.24) is 4.90 Å². The van der Waals surface area contributed by atoms with Crippen LogP contribution in [0.5, 0.6) is 0 Å². The quantitative estimate of drug-likeness (QED) is 0.759. The second kappa shape index (κ2) is 8.22. The van der Waals surface area contributed by atoms with E-state index in [0.29, 0.717) is 18.9 Å². The van der Waals surface area contributed by atoms with Crippen LogP contribution in [0.4, 0.5) is 0 Å². The van der Waals surface area contributed by atoms with Crippen molar-refractivity contribution in [3.05, 3.63) is 0 Å². The first-order chi connectivity index (χ1) is 7.61. The van der Waals surface area contributed by atoms with E-state index in [0.717, 1.165) is 38.1 Å². The van der Waals surface area contributed by atoms with Gasteiger partial charge in [-0.3, -0.25) is 4.79 Å². The summed E-state index contributed by atoms with van der Waals surface area (Å²) < 4.78 is 0. The SMILES string of the molecule is CSCCCCC(=O)N1CCC(C)(CN)C1.Cl. The number of hydrogen-bond acceptors (Lipinski definition) is 3. The first-order valence-corrected chi connectivity index (χ1v) is 7.47. The Morgan fingerprint density at radius 3 is 2.71 bits per heavy atom. The van der Waals surface area contributed by atoms with Crippen molar-refractivity contribution in [1.29, 1.82) is 0 Å². The van der Waals surface area contributed by atoms with Crippen molar-refractivity contribution in [3.63, 3.8) is 0 Å². The van der Waals surface area contributed by atoms with Gasteiger partial charge in [0.15, 0.2) is 0 Å². The Kier molecular flexibility index (Phi) is 8.25. The van der Waals surface area contributed by atoms with Crippen molar-refractivity contribution in [2.24, 2.45) is 11.1 Å². The van der Waals surface area contributed by atoms with E-state index in [9.17, 15) is 4.79 Å². The number of likely N-dealkylation sites (tertiary alicyclic amines) is 1. The van der Waals surface area contributed by atoms with Gasteiger partial charge in [0.1, 0.15) is 0 Å². The Hall–Kier alpha value is 0.0700. The maximum atomic E-state index is 11.9. The Balaban J connectivity index is 0.00000256. The summed E-state index contributed by atoms with van der Waals surface area (Å²) >= 11 is 1.85. The lowest BCUT2D eigenvalue weighted by molar-refractivity contribution is -0.130. The third-order valence-corrected chi connectivity index (χ3v) is 4.09. The van der Waals surface area contributed by atoms with Crippen LogP contribution < -0.4 is 5.73 Å². The lowest BCUT2D eigenvalue weighted by atomic mass is 9.90. The lowest BCUT2D eigenvalue weighted by Crippen LogP contribution is -2.34. The van der Waals surface area contributed by atoms with Gasteiger partial charge >= 0.3 is 0 Å². The maximum Gasteiger partial charge on any atom is 0.222 e. The molecule has 5 heteroatoms. The van der Waals surface area contributed by atoms with Crippen LogP contribution >= 0.6 is 24.2 Å². The van der Waals surface area contributed by atoms with Gasteiger partial charge in [-0.25, -0.2) is 0 Å². The van der Waals surface area contributed by atoms with E-state index >= 15 is 0 Å². The molecule has 0 aromatic carbocycles.